The Morgan fingerprint density at radius 3 is 2.73 bits per heavy atom. The molecule has 0 aliphatic carbocycles. The summed E-state index contributed by atoms with van der Waals surface area (Å²) in [7, 11) is 0. The van der Waals surface area contributed by atoms with Gasteiger partial charge in [-0.05, 0) is 6.92 Å². The average Bonchev–Trinajstić information content (AvgIpc) is 2.01. The second-order valence-electron chi connectivity index (χ2n) is 2.19. The molecule has 0 aromatic heterocycles. The van der Waals surface area contributed by atoms with Crippen LogP contribution in [0.1, 0.15) is 26.2 Å². The largest absolute Gasteiger partial charge is 0.381 e. The fourth-order valence-electron chi connectivity index (χ4n) is 0.675. The van der Waals surface area contributed by atoms with E-state index in [0.29, 0.717) is 32.5 Å². The molecule has 0 bridgehead atoms. The van der Waals surface area contributed by atoms with E-state index in [4.69, 9.17) is 4.74 Å². The summed E-state index contributed by atoms with van der Waals surface area (Å²) in [4.78, 5) is 20.7. The minimum atomic E-state index is 0.102. The van der Waals surface area contributed by atoms with Crippen LogP contribution >= 0.6 is 0 Å². The van der Waals surface area contributed by atoms with Crippen LogP contribution in [0.5, 0.6) is 0 Å². The van der Waals surface area contributed by atoms with Gasteiger partial charge in [-0.2, -0.15) is 0 Å². The Morgan fingerprint density at radius 2 is 2.18 bits per heavy atom. The molecule has 11 heavy (non-hydrogen) atoms. The third kappa shape index (κ3) is 7.19. The van der Waals surface area contributed by atoms with Crippen molar-refractivity contribution in [2.24, 2.45) is 0 Å². The van der Waals surface area contributed by atoms with E-state index in [1.807, 2.05) is 6.92 Å². The molecule has 0 saturated carbocycles. The zero-order valence-electron chi connectivity index (χ0n) is 6.84. The lowest BCUT2D eigenvalue weighted by atomic mass is 10.2. The predicted molar refractivity (Wildman–Crippen MR) is 41.4 cm³/mol. The maximum Gasteiger partial charge on any atom is 0.135 e. The second kappa shape index (κ2) is 7.41. The number of hydrogen-bond donors (Lipinski definition) is 0. The quantitative estimate of drug-likeness (QED) is 0.409. The summed E-state index contributed by atoms with van der Waals surface area (Å²) < 4.78 is 4.97. The van der Waals surface area contributed by atoms with Crippen LogP contribution in [-0.4, -0.2) is 25.3 Å². The van der Waals surface area contributed by atoms with Crippen molar-refractivity contribution >= 4 is 12.1 Å². The molecule has 64 valence electrons. The van der Waals surface area contributed by atoms with Crippen LogP contribution in [0.3, 0.4) is 0 Å². The van der Waals surface area contributed by atoms with Crippen LogP contribution < -0.4 is 0 Å². The molecule has 3 nitrogen and oxygen atoms in total. The third-order valence-corrected chi connectivity index (χ3v) is 1.27. The first-order valence-corrected chi connectivity index (χ1v) is 3.84. The molecule has 0 aliphatic heterocycles. The molecule has 0 saturated heterocycles. The Labute approximate surface area is 66.7 Å². The number of carbonyl (C=O) groups excluding carboxylic acids is 2. The van der Waals surface area contributed by atoms with Crippen LogP contribution in [-0.2, 0) is 14.3 Å². The Morgan fingerprint density at radius 1 is 1.45 bits per heavy atom. The lowest BCUT2D eigenvalue weighted by molar-refractivity contribution is -0.121. The molecular weight excluding hydrogens is 144 g/mol. The molecule has 0 radical (unpaired) electrons. The maximum absolute atomic E-state index is 10.8. The lowest BCUT2D eigenvalue weighted by Crippen LogP contribution is -2.03. The third-order valence-electron chi connectivity index (χ3n) is 1.27. The number of ketones is 1. The fraction of sp³-hybridized carbons (Fsp3) is 0.750. The van der Waals surface area contributed by atoms with Gasteiger partial charge >= 0.3 is 0 Å². The SMILES string of the molecule is CCOCCC(=O)CCC=O. The summed E-state index contributed by atoms with van der Waals surface area (Å²) in [6, 6.07) is 0. The summed E-state index contributed by atoms with van der Waals surface area (Å²) in [5, 5.41) is 0. The smallest absolute Gasteiger partial charge is 0.135 e. The van der Waals surface area contributed by atoms with E-state index >= 15 is 0 Å². The van der Waals surface area contributed by atoms with Gasteiger partial charge in [-0.15, -0.1) is 0 Å². The molecular formula is C8H14O3. The Hall–Kier alpha value is -0.700. The van der Waals surface area contributed by atoms with Gasteiger partial charge in [-0.25, -0.2) is 0 Å². The standard InChI is InChI=1S/C8H14O3/c1-2-11-7-5-8(10)4-3-6-9/h6H,2-5,7H2,1H3. The van der Waals surface area contributed by atoms with E-state index in [2.05, 4.69) is 0 Å². The second-order valence-corrected chi connectivity index (χ2v) is 2.19. The first-order valence-electron chi connectivity index (χ1n) is 3.84. The zero-order valence-corrected chi connectivity index (χ0v) is 6.84. The van der Waals surface area contributed by atoms with Gasteiger partial charge in [0.1, 0.15) is 12.1 Å². The molecule has 0 aromatic rings. The van der Waals surface area contributed by atoms with Crippen LogP contribution in [0.15, 0.2) is 0 Å². The topological polar surface area (TPSA) is 43.4 Å². The van der Waals surface area contributed by atoms with Gasteiger partial charge in [-0.1, -0.05) is 0 Å². The van der Waals surface area contributed by atoms with Crippen LogP contribution in [0.2, 0.25) is 0 Å². The fourth-order valence-corrected chi connectivity index (χ4v) is 0.675. The number of rotatable bonds is 7. The van der Waals surface area contributed by atoms with Gasteiger partial charge in [0.2, 0.25) is 0 Å². The Balaban J connectivity index is 3.15. The molecule has 0 N–H and O–H groups in total. The number of hydrogen-bond acceptors (Lipinski definition) is 3. The highest BCUT2D eigenvalue weighted by molar-refractivity contribution is 5.80. The summed E-state index contributed by atoms with van der Waals surface area (Å²) in [5.74, 6) is 0.102. The van der Waals surface area contributed by atoms with Crippen molar-refractivity contribution in [1.29, 1.82) is 0 Å². The van der Waals surface area contributed by atoms with Crippen molar-refractivity contribution in [1.82, 2.24) is 0 Å². The van der Waals surface area contributed by atoms with Gasteiger partial charge in [0.25, 0.3) is 0 Å². The van der Waals surface area contributed by atoms with Crippen molar-refractivity contribution in [2.75, 3.05) is 13.2 Å². The minimum Gasteiger partial charge on any atom is -0.381 e. The number of carbonyl (C=O) groups is 2. The van der Waals surface area contributed by atoms with Crippen molar-refractivity contribution in [3.8, 4) is 0 Å². The van der Waals surface area contributed by atoms with Crippen molar-refractivity contribution < 1.29 is 14.3 Å². The summed E-state index contributed by atoms with van der Waals surface area (Å²) in [5.41, 5.74) is 0. The Bertz CT molecular complexity index is 121. The molecule has 0 atom stereocenters. The average molecular weight is 158 g/mol. The van der Waals surface area contributed by atoms with Crippen LogP contribution in [0.25, 0.3) is 0 Å². The van der Waals surface area contributed by atoms with E-state index < -0.39 is 0 Å². The highest BCUT2D eigenvalue weighted by Crippen LogP contribution is 1.93. The lowest BCUT2D eigenvalue weighted by Gasteiger charge is -1.98. The van der Waals surface area contributed by atoms with Crippen LogP contribution in [0.4, 0.5) is 0 Å². The van der Waals surface area contributed by atoms with Crippen molar-refractivity contribution in [3.63, 3.8) is 0 Å². The van der Waals surface area contributed by atoms with E-state index in [1.54, 1.807) is 0 Å². The molecule has 0 unspecified atom stereocenters. The highest BCUT2D eigenvalue weighted by Gasteiger charge is 1.99. The first-order chi connectivity index (χ1) is 5.31. The van der Waals surface area contributed by atoms with Crippen molar-refractivity contribution in [2.45, 2.75) is 26.2 Å². The number of Topliss-reactive ketones (excluding diaryl/α,β-unsaturated/α-hetero) is 1. The molecule has 0 rings (SSSR count). The van der Waals surface area contributed by atoms with Crippen LogP contribution in [0, 0.1) is 0 Å². The molecule has 0 aromatic carbocycles. The minimum absolute atomic E-state index is 0.102. The van der Waals surface area contributed by atoms with E-state index in [-0.39, 0.29) is 5.78 Å². The molecule has 0 amide bonds. The van der Waals surface area contributed by atoms with Gasteiger partial charge < -0.3 is 9.53 Å². The van der Waals surface area contributed by atoms with E-state index in [0.717, 1.165) is 6.29 Å². The highest BCUT2D eigenvalue weighted by atomic mass is 16.5. The predicted octanol–water partition coefficient (Wildman–Crippen LogP) is 0.961. The van der Waals surface area contributed by atoms with E-state index in [9.17, 15) is 9.59 Å². The van der Waals surface area contributed by atoms with E-state index in [1.165, 1.54) is 0 Å². The molecule has 0 fully saturated rings. The summed E-state index contributed by atoms with van der Waals surface area (Å²) in [6.45, 7) is 3.01. The molecule has 0 spiro atoms. The monoisotopic (exact) mass is 158 g/mol. The van der Waals surface area contributed by atoms with Gasteiger partial charge in [0.15, 0.2) is 0 Å². The summed E-state index contributed by atoms with van der Waals surface area (Å²) in [6.07, 6.45) is 1.89. The zero-order chi connectivity index (χ0) is 8.53. The number of aldehydes is 1. The molecule has 3 heteroatoms. The first kappa shape index (κ1) is 10.3. The van der Waals surface area contributed by atoms with Gasteiger partial charge in [-0.3, -0.25) is 4.79 Å². The summed E-state index contributed by atoms with van der Waals surface area (Å²) >= 11 is 0. The normalized spacial score (nSPS) is 9.55. The maximum atomic E-state index is 10.8. The molecule has 0 heterocycles. The Kier molecular flexibility index (Phi) is 6.94. The number of ether oxygens (including phenoxy) is 1. The van der Waals surface area contributed by atoms with Gasteiger partial charge in [0, 0.05) is 25.9 Å². The molecule has 0 aliphatic rings. The van der Waals surface area contributed by atoms with Crippen molar-refractivity contribution in [3.05, 3.63) is 0 Å². The van der Waals surface area contributed by atoms with Gasteiger partial charge in [0.05, 0.1) is 6.61 Å².